The average Bonchev–Trinajstić information content (AvgIpc) is 3.16. The van der Waals surface area contributed by atoms with E-state index in [9.17, 15) is 4.79 Å². The molecule has 2 atom stereocenters. The Morgan fingerprint density at radius 2 is 2.05 bits per heavy atom. The van der Waals surface area contributed by atoms with Crippen molar-refractivity contribution in [2.45, 2.75) is 50.1 Å². The van der Waals surface area contributed by atoms with Crippen LogP contribution in [0, 0.1) is 5.92 Å². The predicted molar refractivity (Wildman–Crippen MR) is 82.0 cm³/mol. The smallest absolute Gasteiger partial charge is 0.221 e. The maximum atomic E-state index is 12.3. The molecule has 2 aliphatic carbocycles. The molecule has 0 radical (unpaired) electrons. The number of rotatable bonds is 5. The van der Waals surface area contributed by atoms with Crippen LogP contribution >= 0.6 is 0 Å². The molecule has 1 aromatic rings. The first-order chi connectivity index (χ1) is 10.1. The summed E-state index contributed by atoms with van der Waals surface area (Å²) < 4.78 is 5.18. The lowest BCUT2D eigenvalue weighted by atomic mass is 9.98. The van der Waals surface area contributed by atoms with Crippen LogP contribution in [0.3, 0.4) is 0 Å². The van der Waals surface area contributed by atoms with Crippen molar-refractivity contribution in [3.8, 4) is 5.75 Å². The highest BCUT2D eigenvalue weighted by Crippen LogP contribution is 2.46. The van der Waals surface area contributed by atoms with Crippen LogP contribution in [0.5, 0.6) is 5.75 Å². The minimum atomic E-state index is -0.147. The highest BCUT2D eigenvalue weighted by molar-refractivity contribution is 5.78. The summed E-state index contributed by atoms with van der Waals surface area (Å²) in [5.41, 5.74) is 7.08. The van der Waals surface area contributed by atoms with Crippen LogP contribution in [0.25, 0.3) is 0 Å². The molecular weight excluding hydrogens is 264 g/mol. The quantitative estimate of drug-likeness (QED) is 0.874. The fraction of sp³-hybridized carbons (Fsp3) is 0.588. The SMILES string of the molecule is COc1ccc(C2(NC(=O)C[C@@H]3CCC[C@H]3N)CC2)cc1. The number of hydrogen-bond donors (Lipinski definition) is 2. The van der Waals surface area contributed by atoms with E-state index in [2.05, 4.69) is 5.32 Å². The van der Waals surface area contributed by atoms with Gasteiger partial charge in [0.1, 0.15) is 5.75 Å². The second-order valence-corrected chi connectivity index (χ2v) is 6.42. The number of carbonyl (C=O) groups is 1. The van der Waals surface area contributed by atoms with E-state index in [1.165, 1.54) is 5.56 Å². The lowest BCUT2D eigenvalue weighted by Gasteiger charge is -2.21. The third kappa shape index (κ3) is 3.05. The summed E-state index contributed by atoms with van der Waals surface area (Å²) in [6.45, 7) is 0. The summed E-state index contributed by atoms with van der Waals surface area (Å²) in [6, 6.07) is 8.20. The Hall–Kier alpha value is -1.55. The van der Waals surface area contributed by atoms with Gasteiger partial charge in [-0.1, -0.05) is 18.6 Å². The summed E-state index contributed by atoms with van der Waals surface area (Å²) in [4.78, 5) is 12.3. The molecule has 21 heavy (non-hydrogen) atoms. The molecule has 0 heterocycles. The largest absolute Gasteiger partial charge is 0.497 e. The van der Waals surface area contributed by atoms with Crippen LogP contribution in [0.1, 0.15) is 44.1 Å². The van der Waals surface area contributed by atoms with Crippen molar-refractivity contribution < 1.29 is 9.53 Å². The van der Waals surface area contributed by atoms with E-state index < -0.39 is 0 Å². The summed E-state index contributed by atoms with van der Waals surface area (Å²) in [5.74, 6) is 1.35. The Kier molecular flexibility index (Phi) is 3.89. The van der Waals surface area contributed by atoms with Gasteiger partial charge in [0.2, 0.25) is 5.91 Å². The van der Waals surface area contributed by atoms with Crippen LogP contribution < -0.4 is 15.8 Å². The van der Waals surface area contributed by atoms with Gasteiger partial charge < -0.3 is 15.8 Å². The van der Waals surface area contributed by atoms with Crippen molar-refractivity contribution in [2.75, 3.05) is 7.11 Å². The molecule has 3 N–H and O–H groups in total. The third-order valence-electron chi connectivity index (χ3n) is 4.94. The summed E-state index contributed by atoms with van der Waals surface area (Å²) in [6.07, 6.45) is 5.90. The van der Waals surface area contributed by atoms with Gasteiger partial charge in [-0.2, -0.15) is 0 Å². The lowest BCUT2D eigenvalue weighted by molar-refractivity contribution is -0.123. The Bertz CT molecular complexity index is 508. The van der Waals surface area contributed by atoms with Crippen molar-refractivity contribution in [3.63, 3.8) is 0 Å². The summed E-state index contributed by atoms with van der Waals surface area (Å²) in [5, 5.41) is 3.23. The van der Waals surface area contributed by atoms with Gasteiger partial charge in [-0.3, -0.25) is 4.79 Å². The van der Waals surface area contributed by atoms with Gasteiger partial charge in [-0.25, -0.2) is 0 Å². The van der Waals surface area contributed by atoms with E-state index in [0.717, 1.165) is 37.9 Å². The van der Waals surface area contributed by atoms with Gasteiger partial charge in [-0.05, 0) is 49.3 Å². The van der Waals surface area contributed by atoms with Crippen molar-refractivity contribution in [2.24, 2.45) is 11.7 Å². The molecule has 0 aliphatic heterocycles. The van der Waals surface area contributed by atoms with Gasteiger partial charge in [-0.15, -0.1) is 0 Å². The van der Waals surface area contributed by atoms with E-state index in [1.54, 1.807) is 7.11 Å². The molecule has 1 amide bonds. The van der Waals surface area contributed by atoms with Crippen molar-refractivity contribution in [1.29, 1.82) is 0 Å². The minimum absolute atomic E-state index is 0.144. The van der Waals surface area contributed by atoms with Gasteiger partial charge in [0.25, 0.3) is 0 Å². The topological polar surface area (TPSA) is 64.3 Å². The number of amides is 1. The standard InChI is InChI=1S/C17H24N2O2/c1-21-14-7-5-13(6-8-14)17(9-10-17)19-16(20)11-12-3-2-4-15(12)18/h5-8,12,15H,2-4,9-11,18H2,1H3,(H,19,20)/t12-,15+/m0/s1. The van der Waals surface area contributed by atoms with E-state index in [1.807, 2.05) is 24.3 Å². The van der Waals surface area contributed by atoms with Crippen LogP contribution in [-0.4, -0.2) is 19.1 Å². The van der Waals surface area contributed by atoms with E-state index in [-0.39, 0.29) is 17.5 Å². The Balaban J connectivity index is 1.61. The highest BCUT2D eigenvalue weighted by atomic mass is 16.5. The molecule has 0 spiro atoms. The van der Waals surface area contributed by atoms with Crippen LogP contribution in [0.2, 0.25) is 0 Å². The monoisotopic (exact) mass is 288 g/mol. The molecule has 4 heteroatoms. The number of nitrogens with one attached hydrogen (secondary N) is 1. The number of ether oxygens (including phenoxy) is 1. The molecule has 2 saturated carbocycles. The zero-order valence-corrected chi connectivity index (χ0v) is 12.6. The first kappa shape index (κ1) is 14.4. The number of benzene rings is 1. The second-order valence-electron chi connectivity index (χ2n) is 6.42. The van der Waals surface area contributed by atoms with Crippen LogP contribution in [-0.2, 0) is 10.3 Å². The molecule has 2 aliphatic rings. The Labute approximate surface area is 126 Å². The maximum absolute atomic E-state index is 12.3. The number of nitrogens with two attached hydrogens (primary N) is 1. The molecule has 0 aromatic heterocycles. The van der Waals surface area contributed by atoms with Crippen molar-refractivity contribution >= 4 is 5.91 Å². The van der Waals surface area contributed by atoms with E-state index in [0.29, 0.717) is 12.3 Å². The number of methoxy groups -OCH3 is 1. The molecule has 0 unspecified atom stereocenters. The third-order valence-corrected chi connectivity index (χ3v) is 4.94. The molecule has 3 rings (SSSR count). The minimum Gasteiger partial charge on any atom is -0.497 e. The highest BCUT2D eigenvalue weighted by Gasteiger charge is 2.45. The first-order valence-electron chi connectivity index (χ1n) is 7.84. The Morgan fingerprint density at radius 1 is 1.33 bits per heavy atom. The normalized spacial score (nSPS) is 26.4. The zero-order valence-electron chi connectivity index (χ0n) is 12.6. The van der Waals surface area contributed by atoms with E-state index >= 15 is 0 Å². The molecule has 114 valence electrons. The van der Waals surface area contributed by atoms with Crippen LogP contribution in [0.15, 0.2) is 24.3 Å². The van der Waals surface area contributed by atoms with E-state index in [4.69, 9.17) is 10.5 Å². The molecule has 0 bridgehead atoms. The van der Waals surface area contributed by atoms with Crippen LogP contribution in [0.4, 0.5) is 0 Å². The lowest BCUT2D eigenvalue weighted by Crippen LogP contribution is -2.37. The summed E-state index contributed by atoms with van der Waals surface area (Å²) in [7, 11) is 1.66. The van der Waals surface area contributed by atoms with Crippen molar-refractivity contribution in [3.05, 3.63) is 29.8 Å². The first-order valence-corrected chi connectivity index (χ1v) is 7.84. The molecule has 0 saturated heterocycles. The molecule has 1 aromatic carbocycles. The van der Waals surface area contributed by atoms with Gasteiger partial charge >= 0.3 is 0 Å². The van der Waals surface area contributed by atoms with Gasteiger partial charge in [0.15, 0.2) is 0 Å². The molecular formula is C17H24N2O2. The average molecular weight is 288 g/mol. The Morgan fingerprint density at radius 3 is 2.57 bits per heavy atom. The molecule has 2 fully saturated rings. The summed E-state index contributed by atoms with van der Waals surface area (Å²) >= 11 is 0. The zero-order chi connectivity index (χ0) is 14.9. The van der Waals surface area contributed by atoms with Crippen molar-refractivity contribution in [1.82, 2.24) is 5.32 Å². The van der Waals surface area contributed by atoms with Gasteiger partial charge in [0, 0.05) is 12.5 Å². The number of carbonyl (C=O) groups excluding carboxylic acids is 1. The van der Waals surface area contributed by atoms with Gasteiger partial charge in [0.05, 0.1) is 12.6 Å². The number of hydrogen-bond acceptors (Lipinski definition) is 3. The molecule has 4 nitrogen and oxygen atoms in total. The fourth-order valence-electron chi connectivity index (χ4n) is 3.40. The fourth-order valence-corrected chi connectivity index (χ4v) is 3.40. The second kappa shape index (κ2) is 5.68. The predicted octanol–water partition coefficient (Wildman–Crippen LogP) is 2.32. The maximum Gasteiger partial charge on any atom is 0.221 e.